The van der Waals surface area contributed by atoms with Gasteiger partial charge < -0.3 is 5.32 Å². The van der Waals surface area contributed by atoms with Crippen LogP contribution in [-0.2, 0) is 0 Å². The highest BCUT2D eigenvalue weighted by molar-refractivity contribution is 7.81. The minimum atomic E-state index is 0.375. The smallest absolute Gasteiger partial charge is 0.0303 e. The third-order valence-corrected chi connectivity index (χ3v) is 5.10. The fourth-order valence-electron chi connectivity index (χ4n) is 2.98. The molecule has 1 saturated carbocycles. The molecule has 1 nitrogen and oxygen atoms in total. The molecule has 0 bridgehead atoms. The number of hydrogen-bond donors (Lipinski definition) is 2. The highest BCUT2D eigenvalue weighted by atomic mass is 32.1. The lowest BCUT2D eigenvalue weighted by atomic mass is 9.75. The largest absolute Gasteiger partial charge is 0.310 e. The van der Waals surface area contributed by atoms with Crippen LogP contribution in [0.2, 0.25) is 0 Å². The van der Waals surface area contributed by atoms with Crippen LogP contribution in [0.5, 0.6) is 0 Å². The molecule has 1 N–H and O–H groups in total. The van der Waals surface area contributed by atoms with Crippen LogP contribution in [0, 0.1) is 5.41 Å². The van der Waals surface area contributed by atoms with E-state index in [0.717, 1.165) is 6.54 Å². The first-order valence-electron chi connectivity index (χ1n) is 5.50. The predicted molar refractivity (Wildman–Crippen MR) is 60.4 cm³/mol. The van der Waals surface area contributed by atoms with Gasteiger partial charge in [0.1, 0.15) is 0 Å². The monoisotopic (exact) mass is 199 g/mol. The van der Waals surface area contributed by atoms with Crippen LogP contribution < -0.4 is 5.32 Å². The molecule has 0 aromatic carbocycles. The molecule has 2 aliphatic rings. The molecular weight excluding hydrogens is 178 g/mol. The molecular formula is C11H21NS. The number of thiol groups is 1. The third-order valence-electron chi connectivity index (χ3n) is 3.91. The van der Waals surface area contributed by atoms with Crippen LogP contribution in [0.25, 0.3) is 0 Å². The van der Waals surface area contributed by atoms with Crippen LogP contribution in [0.4, 0.5) is 0 Å². The standard InChI is InChI=1S/C11H21NS/c1-10(2)8-12-11(9(10)13)6-4-3-5-7-11/h9,12-13H,3-8H2,1-2H3. The number of hydrogen-bond acceptors (Lipinski definition) is 2. The Morgan fingerprint density at radius 3 is 2.23 bits per heavy atom. The maximum atomic E-state index is 4.84. The van der Waals surface area contributed by atoms with Gasteiger partial charge in [0.25, 0.3) is 0 Å². The first-order valence-corrected chi connectivity index (χ1v) is 6.02. The van der Waals surface area contributed by atoms with Crippen LogP contribution >= 0.6 is 12.6 Å². The minimum absolute atomic E-state index is 0.375. The number of rotatable bonds is 0. The van der Waals surface area contributed by atoms with Gasteiger partial charge in [-0.3, -0.25) is 0 Å². The summed E-state index contributed by atoms with van der Waals surface area (Å²) in [6.07, 6.45) is 6.87. The molecule has 2 rings (SSSR count). The summed E-state index contributed by atoms with van der Waals surface area (Å²) in [6, 6.07) is 0. The van der Waals surface area contributed by atoms with Gasteiger partial charge in [0.15, 0.2) is 0 Å². The zero-order valence-electron chi connectivity index (χ0n) is 8.77. The van der Waals surface area contributed by atoms with Crippen molar-refractivity contribution in [2.45, 2.75) is 56.7 Å². The van der Waals surface area contributed by atoms with Crippen molar-refractivity contribution in [3.8, 4) is 0 Å². The Morgan fingerprint density at radius 1 is 1.15 bits per heavy atom. The average molecular weight is 199 g/mol. The average Bonchev–Trinajstić information content (AvgIpc) is 2.33. The molecule has 76 valence electrons. The van der Waals surface area contributed by atoms with Gasteiger partial charge >= 0.3 is 0 Å². The van der Waals surface area contributed by atoms with Crippen LogP contribution in [0.3, 0.4) is 0 Å². The van der Waals surface area contributed by atoms with E-state index in [9.17, 15) is 0 Å². The molecule has 1 aliphatic heterocycles. The van der Waals surface area contributed by atoms with Crippen LogP contribution in [0.1, 0.15) is 46.0 Å². The van der Waals surface area contributed by atoms with Crippen molar-refractivity contribution in [3.63, 3.8) is 0 Å². The van der Waals surface area contributed by atoms with E-state index < -0.39 is 0 Å². The zero-order chi connectivity index (χ0) is 9.53. The zero-order valence-corrected chi connectivity index (χ0v) is 9.66. The molecule has 1 atom stereocenters. The van der Waals surface area contributed by atoms with Crippen LogP contribution in [0.15, 0.2) is 0 Å². The summed E-state index contributed by atoms with van der Waals surface area (Å²) in [5, 5.41) is 4.28. The fraction of sp³-hybridized carbons (Fsp3) is 1.00. The topological polar surface area (TPSA) is 12.0 Å². The Morgan fingerprint density at radius 2 is 1.77 bits per heavy atom. The molecule has 0 aromatic rings. The molecule has 0 aromatic heterocycles. The first-order chi connectivity index (χ1) is 6.07. The van der Waals surface area contributed by atoms with Crippen molar-refractivity contribution in [3.05, 3.63) is 0 Å². The van der Waals surface area contributed by atoms with E-state index in [2.05, 4.69) is 19.2 Å². The van der Waals surface area contributed by atoms with E-state index >= 15 is 0 Å². The van der Waals surface area contributed by atoms with E-state index in [0.29, 0.717) is 16.2 Å². The molecule has 1 spiro atoms. The summed E-state index contributed by atoms with van der Waals surface area (Å²) in [5.74, 6) is 0. The van der Waals surface area contributed by atoms with Gasteiger partial charge in [0.05, 0.1) is 0 Å². The summed E-state index contributed by atoms with van der Waals surface area (Å²) in [7, 11) is 0. The Kier molecular flexibility index (Phi) is 2.40. The Bertz CT molecular complexity index is 194. The molecule has 1 aliphatic carbocycles. The summed E-state index contributed by atoms with van der Waals surface area (Å²) in [5.41, 5.74) is 0.755. The van der Waals surface area contributed by atoms with E-state index in [-0.39, 0.29) is 0 Å². The minimum Gasteiger partial charge on any atom is -0.310 e. The summed E-state index contributed by atoms with van der Waals surface area (Å²) in [4.78, 5) is 0. The van der Waals surface area contributed by atoms with Gasteiger partial charge in [-0.2, -0.15) is 12.6 Å². The van der Waals surface area contributed by atoms with Crippen molar-refractivity contribution < 1.29 is 0 Å². The van der Waals surface area contributed by atoms with Crippen molar-refractivity contribution in [1.82, 2.24) is 5.32 Å². The Balaban J connectivity index is 2.15. The maximum absolute atomic E-state index is 4.84. The highest BCUT2D eigenvalue weighted by Gasteiger charge is 2.50. The second kappa shape index (κ2) is 3.16. The SMILES string of the molecule is CC1(C)CNC2(CCCCC2)C1S. The maximum Gasteiger partial charge on any atom is 0.0303 e. The lowest BCUT2D eigenvalue weighted by molar-refractivity contribution is 0.254. The molecule has 0 radical (unpaired) electrons. The Hall–Kier alpha value is 0.310. The summed E-state index contributed by atoms with van der Waals surface area (Å²) >= 11 is 4.84. The van der Waals surface area contributed by atoms with E-state index in [1.54, 1.807) is 0 Å². The summed E-state index contributed by atoms with van der Waals surface area (Å²) in [6.45, 7) is 5.81. The fourth-order valence-corrected chi connectivity index (χ4v) is 3.42. The summed E-state index contributed by atoms with van der Waals surface area (Å²) < 4.78 is 0. The third kappa shape index (κ3) is 1.52. The van der Waals surface area contributed by atoms with Gasteiger partial charge in [-0.25, -0.2) is 0 Å². The van der Waals surface area contributed by atoms with Crippen molar-refractivity contribution >= 4 is 12.6 Å². The first kappa shape index (κ1) is 9.85. The van der Waals surface area contributed by atoms with E-state index in [4.69, 9.17) is 12.6 Å². The molecule has 0 amide bonds. The molecule has 2 heteroatoms. The van der Waals surface area contributed by atoms with E-state index in [1.807, 2.05) is 0 Å². The normalized spacial score (nSPS) is 36.7. The molecule has 13 heavy (non-hydrogen) atoms. The van der Waals surface area contributed by atoms with Gasteiger partial charge in [-0.05, 0) is 18.3 Å². The second-order valence-corrected chi connectivity index (χ2v) is 5.98. The van der Waals surface area contributed by atoms with Gasteiger partial charge in [-0.15, -0.1) is 0 Å². The molecule has 2 fully saturated rings. The lowest BCUT2D eigenvalue weighted by Crippen LogP contribution is -2.48. The van der Waals surface area contributed by atoms with E-state index in [1.165, 1.54) is 32.1 Å². The number of nitrogens with one attached hydrogen (secondary N) is 1. The van der Waals surface area contributed by atoms with Crippen molar-refractivity contribution in [2.75, 3.05) is 6.54 Å². The molecule has 1 unspecified atom stereocenters. The second-order valence-electron chi connectivity index (χ2n) is 5.46. The van der Waals surface area contributed by atoms with Gasteiger partial charge in [-0.1, -0.05) is 33.1 Å². The van der Waals surface area contributed by atoms with Crippen molar-refractivity contribution in [1.29, 1.82) is 0 Å². The molecule has 1 heterocycles. The van der Waals surface area contributed by atoms with Crippen molar-refractivity contribution in [2.24, 2.45) is 5.41 Å². The quantitative estimate of drug-likeness (QED) is 0.572. The Labute approximate surface area is 87.1 Å². The highest BCUT2D eigenvalue weighted by Crippen LogP contribution is 2.45. The van der Waals surface area contributed by atoms with Crippen LogP contribution in [-0.4, -0.2) is 17.3 Å². The van der Waals surface area contributed by atoms with Gasteiger partial charge in [0, 0.05) is 17.3 Å². The predicted octanol–water partition coefficient (Wildman–Crippen LogP) is 2.62. The molecule has 1 saturated heterocycles. The van der Waals surface area contributed by atoms with Gasteiger partial charge in [0.2, 0.25) is 0 Å². The lowest BCUT2D eigenvalue weighted by Gasteiger charge is -2.39.